The quantitative estimate of drug-likeness (QED) is 0.681. The van der Waals surface area contributed by atoms with Gasteiger partial charge in [-0.25, -0.2) is 0 Å². The smallest absolute Gasteiger partial charge is 0.188 e. The van der Waals surface area contributed by atoms with Gasteiger partial charge in [-0.2, -0.15) is 15.8 Å². The largest absolute Gasteiger partial charge is 0.305 e. The third-order valence-corrected chi connectivity index (χ3v) is 5.64. The van der Waals surface area contributed by atoms with Crippen molar-refractivity contribution in [3.05, 3.63) is 11.6 Å². The lowest BCUT2D eigenvalue weighted by Gasteiger charge is -2.50. The summed E-state index contributed by atoms with van der Waals surface area (Å²) in [5.74, 6) is -0.531. The van der Waals surface area contributed by atoms with Gasteiger partial charge in [0, 0.05) is 5.41 Å². The van der Waals surface area contributed by atoms with Crippen LogP contribution in [0.1, 0.15) is 38.5 Å². The minimum absolute atomic E-state index is 0.0244. The lowest BCUT2D eigenvalue weighted by Crippen LogP contribution is -2.55. The molecule has 2 saturated carbocycles. The van der Waals surface area contributed by atoms with E-state index >= 15 is 0 Å². The number of nitrogens with one attached hydrogen (secondary N) is 1. The Labute approximate surface area is 118 Å². The van der Waals surface area contributed by atoms with Crippen LogP contribution in [0.25, 0.3) is 0 Å². The first-order valence-electron chi connectivity index (χ1n) is 7.18. The lowest BCUT2D eigenvalue weighted by molar-refractivity contribution is 0.107. The molecule has 0 heterocycles. The van der Waals surface area contributed by atoms with Gasteiger partial charge in [-0.3, -0.25) is 0 Å². The summed E-state index contributed by atoms with van der Waals surface area (Å²) in [5.41, 5.74) is -0.795. The number of allylic oxidation sites excluding steroid dienone is 2. The van der Waals surface area contributed by atoms with Crippen LogP contribution in [0.15, 0.2) is 11.6 Å². The van der Waals surface area contributed by atoms with Gasteiger partial charge in [0.05, 0.1) is 23.9 Å². The second kappa shape index (κ2) is 4.19. The molecule has 0 aromatic rings. The highest BCUT2D eigenvalue weighted by Crippen LogP contribution is 2.65. The molecule has 0 bridgehead atoms. The van der Waals surface area contributed by atoms with E-state index in [-0.39, 0.29) is 11.6 Å². The van der Waals surface area contributed by atoms with E-state index in [1.807, 2.05) is 0 Å². The van der Waals surface area contributed by atoms with E-state index in [1.54, 1.807) is 0 Å². The zero-order valence-electron chi connectivity index (χ0n) is 11.3. The SMILES string of the molecule is N#C[C@H]1C(=N)C(C#N)(C#N)C2(CCCC2)[C@H]2CCC=C12. The first-order valence-corrected chi connectivity index (χ1v) is 7.18. The van der Waals surface area contributed by atoms with Gasteiger partial charge in [0.1, 0.15) is 5.92 Å². The zero-order chi connectivity index (χ0) is 14.4. The fourth-order valence-electron chi connectivity index (χ4n) is 4.79. The Morgan fingerprint density at radius 1 is 1.15 bits per heavy atom. The molecule has 4 heteroatoms. The number of fused-ring (bicyclic) bond motifs is 2. The summed E-state index contributed by atoms with van der Waals surface area (Å²) in [6.07, 6.45) is 7.59. The standard InChI is InChI=1S/C16H16N4/c17-8-12-11-4-3-5-13(11)15(6-1-2-7-15)16(9-18,10-19)14(12)20/h4,12-13,20H,1-3,5-7H2/t12-,13+/m1/s1. The van der Waals surface area contributed by atoms with Gasteiger partial charge < -0.3 is 5.41 Å². The third kappa shape index (κ3) is 1.21. The molecule has 3 aliphatic carbocycles. The summed E-state index contributed by atoms with van der Waals surface area (Å²) in [6, 6.07) is 6.49. The topological polar surface area (TPSA) is 95.2 Å². The molecule has 0 saturated heterocycles. The van der Waals surface area contributed by atoms with Crippen molar-refractivity contribution >= 4 is 5.71 Å². The minimum Gasteiger partial charge on any atom is -0.305 e. The Morgan fingerprint density at radius 2 is 1.80 bits per heavy atom. The predicted octanol–water partition coefficient (Wildman–Crippen LogP) is 3.09. The van der Waals surface area contributed by atoms with Crippen molar-refractivity contribution in [3.8, 4) is 18.2 Å². The molecule has 4 nitrogen and oxygen atoms in total. The highest BCUT2D eigenvalue weighted by atomic mass is 14.7. The minimum atomic E-state index is -1.41. The Morgan fingerprint density at radius 3 is 2.35 bits per heavy atom. The molecule has 2 fully saturated rings. The lowest BCUT2D eigenvalue weighted by atomic mass is 9.47. The molecule has 0 aliphatic heterocycles. The third-order valence-electron chi connectivity index (χ3n) is 5.64. The highest BCUT2D eigenvalue weighted by Gasteiger charge is 2.66. The molecule has 0 amide bonds. The monoisotopic (exact) mass is 264 g/mol. The maximum Gasteiger partial charge on any atom is 0.188 e. The van der Waals surface area contributed by atoms with Gasteiger partial charge in [-0.15, -0.1) is 0 Å². The number of hydrogen-bond acceptors (Lipinski definition) is 4. The number of rotatable bonds is 0. The van der Waals surface area contributed by atoms with E-state index in [1.165, 1.54) is 0 Å². The van der Waals surface area contributed by atoms with Crippen LogP contribution in [-0.4, -0.2) is 5.71 Å². The van der Waals surface area contributed by atoms with Gasteiger partial charge in [-0.05, 0) is 37.2 Å². The summed E-state index contributed by atoms with van der Waals surface area (Å²) < 4.78 is 0. The molecular formula is C16H16N4. The van der Waals surface area contributed by atoms with E-state index in [9.17, 15) is 15.8 Å². The summed E-state index contributed by atoms with van der Waals surface area (Å²) in [7, 11) is 0. The van der Waals surface area contributed by atoms with Crippen LogP contribution in [0.5, 0.6) is 0 Å². The van der Waals surface area contributed by atoms with E-state index in [0.717, 1.165) is 44.1 Å². The van der Waals surface area contributed by atoms with Gasteiger partial charge in [0.15, 0.2) is 5.41 Å². The van der Waals surface area contributed by atoms with Crippen molar-refractivity contribution < 1.29 is 0 Å². The molecule has 100 valence electrons. The highest BCUT2D eigenvalue weighted by molar-refractivity contribution is 6.00. The maximum atomic E-state index is 9.73. The van der Waals surface area contributed by atoms with Gasteiger partial charge in [0.2, 0.25) is 0 Å². The molecular weight excluding hydrogens is 248 g/mol. The Balaban J connectivity index is 2.25. The number of nitriles is 3. The van der Waals surface area contributed by atoms with Crippen molar-refractivity contribution in [3.63, 3.8) is 0 Å². The van der Waals surface area contributed by atoms with Gasteiger partial charge in [-0.1, -0.05) is 18.9 Å². The molecule has 3 aliphatic rings. The first-order chi connectivity index (χ1) is 9.66. The number of hydrogen-bond donors (Lipinski definition) is 1. The fraction of sp³-hybridized carbons (Fsp3) is 0.625. The van der Waals surface area contributed by atoms with Crippen LogP contribution < -0.4 is 0 Å². The molecule has 0 aromatic heterocycles. The predicted molar refractivity (Wildman–Crippen MR) is 72.2 cm³/mol. The second-order valence-corrected chi connectivity index (χ2v) is 6.15. The average Bonchev–Trinajstić information content (AvgIpc) is 3.11. The van der Waals surface area contributed by atoms with Crippen LogP contribution in [0.4, 0.5) is 0 Å². The van der Waals surface area contributed by atoms with Crippen LogP contribution >= 0.6 is 0 Å². The van der Waals surface area contributed by atoms with E-state index in [4.69, 9.17) is 5.41 Å². The van der Waals surface area contributed by atoms with Crippen molar-refractivity contribution in [2.24, 2.45) is 22.7 Å². The summed E-state index contributed by atoms with van der Waals surface area (Å²) in [5, 5.41) is 37.3. The molecule has 1 spiro atoms. The van der Waals surface area contributed by atoms with Crippen LogP contribution in [0.2, 0.25) is 0 Å². The van der Waals surface area contributed by atoms with Crippen LogP contribution in [0.3, 0.4) is 0 Å². The number of nitrogens with zero attached hydrogens (tertiary/aromatic N) is 3. The molecule has 0 radical (unpaired) electrons. The van der Waals surface area contributed by atoms with Gasteiger partial charge >= 0.3 is 0 Å². The van der Waals surface area contributed by atoms with Crippen molar-refractivity contribution in [1.82, 2.24) is 0 Å². The fourth-order valence-corrected chi connectivity index (χ4v) is 4.79. The summed E-state index contributed by atoms with van der Waals surface area (Å²) in [6.45, 7) is 0. The van der Waals surface area contributed by atoms with Gasteiger partial charge in [0.25, 0.3) is 0 Å². The Bertz CT molecular complexity index is 602. The zero-order valence-corrected chi connectivity index (χ0v) is 11.3. The average molecular weight is 264 g/mol. The molecule has 0 unspecified atom stereocenters. The van der Waals surface area contributed by atoms with Crippen molar-refractivity contribution in [1.29, 1.82) is 21.2 Å². The molecule has 20 heavy (non-hydrogen) atoms. The Kier molecular flexibility index (Phi) is 2.70. The normalized spacial score (nSPS) is 32.9. The van der Waals surface area contributed by atoms with Crippen LogP contribution in [-0.2, 0) is 0 Å². The second-order valence-electron chi connectivity index (χ2n) is 6.15. The Hall–Kier alpha value is -2.12. The van der Waals surface area contributed by atoms with E-state index in [2.05, 4.69) is 24.3 Å². The van der Waals surface area contributed by atoms with E-state index < -0.39 is 16.7 Å². The van der Waals surface area contributed by atoms with Crippen molar-refractivity contribution in [2.45, 2.75) is 38.5 Å². The molecule has 0 aromatic carbocycles. The summed E-state index contributed by atoms with van der Waals surface area (Å²) >= 11 is 0. The molecule has 2 atom stereocenters. The molecule has 1 N–H and O–H groups in total. The first kappa shape index (κ1) is 12.9. The molecule has 3 rings (SSSR count). The van der Waals surface area contributed by atoms with E-state index in [0.29, 0.717) is 0 Å². The van der Waals surface area contributed by atoms with Crippen LogP contribution in [0, 0.1) is 62.1 Å². The maximum absolute atomic E-state index is 9.73. The summed E-state index contributed by atoms with van der Waals surface area (Å²) in [4.78, 5) is 0. The van der Waals surface area contributed by atoms with Crippen molar-refractivity contribution in [2.75, 3.05) is 0 Å².